The highest BCUT2D eigenvalue weighted by Gasteiger charge is 2.23. The van der Waals surface area contributed by atoms with Crippen molar-refractivity contribution < 1.29 is 4.79 Å². The van der Waals surface area contributed by atoms with Gasteiger partial charge in [0.15, 0.2) is 0 Å². The summed E-state index contributed by atoms with van der Waals surface area (Å²) in [6, 6.07) is 3.91. The molecule has 32 heavy (non-hydrogen) atoms. The molecule has 172 valence electrons. The van der Waals surface area contributed by atoms with Gasteiger partial charge in [0.1, 0.15) is 11.2 Å². The Labute approximate surface area is 190 Å². The number of hydrogen-bond acceptors (Lipinski definition) is 7. The maximum absolute atomic E-state index is 12.8. The minimum absolute atomic E-state index is 0.0949. The number of aromatic nitrogens is 3. The van der Waals surface area contributed by atoms with Gasteiger partial charge in [-0.25, -0.2) is 15.0 Å². The van der Waals surface area contributed by atoms with Crippen molar-refractivity contribution in [3.8, 4) is 0 Å². The van der Waals surface area contributed by atoms with E-state index in [4.69, 9.17) is 0 Å². The van der Waals surface area contributed by atoms with Crippen molar-refractivity contribution in [1.82, 2.24) is 30.1 Å². The molecule has 0 radical (unpaired) electrons. The van der Waals surface area contributed by atoms with Crippen LogP contribution in [0.4, 0.5) is 5.95 Å². The quantitative estimate of drug-likeness (QED) is 0.743. The lowest BCUT2D eigenvalue weighted by molar-refractivity contribution is 0.0903. The zero-order chi connectivity index (χ0) is 21.8. The fraction of sp³-hybridized carbons (Fsp3) is 0.667. The van der Waals surface area contributed by atoms with Crippen molar-refractivity contribution in [1.29, 1.82) is 0 Å². The van der Waals surface area contributed by atoms with Crippen molar-refractivity contribution >= 4 is 22.9 Å². The molecule has 0 bridgehead atoms. The van der Waals surface area contributed by atoms with Crippen LogP contribution in [-0.4, -0.2) is 89.1 Å². The van der Waals surface area contributed by atoms with Crippen molar-refractivity contribution in [2.24, 2.45) is 0 Å². The average Bonchev–Trinajstić information content (AvgIpc) is 3.37. The molecule has 5 heterocycles. The lowest BCUT2D eigenvalue weighted by Crippen LogP contribution is -2.46. The van der Waals surface area contributed by atoms with Crippen LogP contribution in [0.25, 0.3) is 11.0 Å². The summed E-state index contributed by atoms with van der Waals surface area (Å²) in [6.07, 6.45) is 10.1. The summed E-state index contributed by atoms with van der Waals surface area (Å²) in [4.78, 5) is 33.9. The number of pyridine rings is 1. The van der Waals surface area contributed by atoms with Gasteiger partial charge in [-0.15, -0.1) is 0 Å². The van der Waals surface area contributed by atoms with Gasteiger partial charge in [-0.1, -0.05) is 0 Å². The summed E-state index contributed by atoms with van der Waals surface area (Å²) >= 11 is 0. The monoisotopic (exact) mass is 437 g/mol. The number of nitrogens with one attached hydrogen (secondary N) is 1. The predicted octanol–water partition coefficient (Wildman–Crippen LogP) is 2.31. The molecule has 5 rings (SSSR count). The molecule has 0 aromatic carbocycles. The predicted molar refractivity (Wildman–Crippen MR) is 126 cm³/mol. The third-order valence-corrected chi connectivity index (χ3v) is 7.15. The number of amides is 1. The number of carbonyl (C=O) groups excluding carboxylic acids is 1. The summed E-state index contributed by atoms with van der Waals surface area (Å²) in [5, 5.41) is 3.19. The van der Waals surface area contributed by atoms with Gasteiger partial charge < -0.3 is 20.0 Å². The second-order valence-electron chi connectivity index (χ2n) is 9.46. The van der Waals surface area contributed by atoms with Gasteiger partial charge in [-0.05, 0) is 70.2 Å². The molecule has 8 heteroatoms. The van der Waals surface area contributed by atoms with Crippen LogP contribution >= 0.6 is 0 Å². The van der Waals surface area contributed by atoms with E-state index in [0.717, 1.165) is 57.0 Å². The molecule has 2 aromatic heterocycles. The van der Waals surface area contributed by atoms with Crippen LogP contribution < -0.4 is 10.2 Å². The molecule has 3 fully saturated rings. The van der Waals surface area contributed by atoms with Gasteiger partial charge in [0, 0.05) is 45.3 Å². The van der Waals surface area contributed by atoms with Crippen molar-refractivity contribution in [2.45, 2.75) is 51.0 Å². The summed E-state index contributed by atoms with van der Waals surface area (Å²) in [6.45, 7) is 8.97. The fourth-order valence-electron chi connectivity index (χ4n) is 5.13. The fourth-order valence-corrected chi connectivity index (χ4v) is 5.13. The normalized spacial score (nSPS) is 21.3. The van der Waals surface area contributed by atoms with Crippen LogP contribution in [0.3, 0.4) is 0 Å². The number of fused-ring (bicyclic) bond motifs is 1. The molecule has 3 aliphatic heterocycles. The van der Waals surface area contributed by atoms with Crippen LogP contribution in [-0.2, 0) is 0 Å². The Balaban J connectivity index is 1.13. The van der Waals surface area contributed by atoms with Gasteiger partial charge in [-0.2, -0.15) is 0 Å². The molecule has 0 spiro atoms. The second-order valence-corrected chi connectivity index (χ2v) is 9.46. The smallest absolute Gasteiger partial charge is 0.270 e. The van der Waals surface area contributed by atoms with Gasteiger partial charge in [0.25, 0.3) is 5.91 Å². The first-order valence-corrected chi connectivity index (χ1v) is 12.4. The van der Waals surface area contributed by atoms with E-state index < -0.39 is 0 Å². The molecule has 3 aliphatic rings. The van der Waals surface area contributed by atoms with E-state index in [1.54, 1.807) is 12.3 Å². The highest BCUT2D eigenvalue weighted by atomic mass is 16.1. The first-order chi connectivity index (χ1) is 15.7. The van der Waals surface area contributed by atoms with Gasteiger partial charge in [0.2, 0.25) is 5.95 Å². The van der Waals surface area contributed by atoms with E-state index in [0.29, 0.717) is 11.2 Å². The lowest BCUT2D eigenvalue weighted by Gasteiger charge is -2.33. The Bertz CT molecular complexity index is 916. The number of carbonyl (C=O) groups is 1. The zero-order valence-corrected chi connectivity index (χ0v) is 19.0. The lowest BCUT2D eigenvalue weighted by atomic mass is 10.0. The van der Waals surface area contributed by atoms with Crippen molar-refractivity contribution in [3.05, 3.63) is 24.0 Å². The highest BCUT2D eigenvalue weighted by molar-refractivity contribution is 5.94. The molecule has 1 amide bonds. The first-order valence-electron chi connectivity index (χ1n) is 12.4. The topological polar surface area (TPSA) is 77.5 Å². The zero-order valence-electron chi connectivity index (χ0n) is 19.0. The minimum Gasteiger partial charge on any atom is -0.348 e. The number of rotatable bonds is 6. The van der Waals surface area contributed by atoms with Gasteiger partial charge in [-0.3, -0.25) is 4.79 Å². The Morgan fingerprint density at radius 1 is 0.844 bits per heavy atom. The molecule has 0 unspecified atom stereocenters. The molecule has 3 saturated heterocycles. The molecular formula is C24H35N7O. The molecule has 0 saturated carbocycles. The molecule has 8 nitrogen and oxygen atoms in total. The van der Waals surface area contributed by atoms with Crippen LogP contribution in [0.2, 0.25) is 0 Å². The molecule has 1 N–H and O–H groups in total. The summed E-state index contributed by atoms with van der Waals surface area (Å²) in [5.41, 5.74) is 1.92. The van der Waals surface area contributed by atoms with E-state index in [9.17, 15) is 4.79 Å². The molecule has 0 aliphatic carbocycles. The first kappa shape index (κ1) is 21.5. The third kappa shape index (κ3) is 5.18. The SMILES string of the molecule is O=C(NC1CCN(CCN2CCCC2)CC1)c1ccc2nc(N3CCCCC3)ncc2n1. The number of piperidine rings is 2. The maximum atomic E-state index is 12.8. The summed E-state index contributed by atoms with van der Waals surface area (Å²) in [7, 11) is 0. The average molecular weight is 438 g/mol. The van der Waals surface area contributed by atoms with E-state index in [-0.39, 0.29) is 11.9 Å². The number of nitrogens with zero attached hydrogens (tertiary/aromatic N) is 6. The van der Waals surface area contributed by atoms with Gasteiger partial charge >= 0.3 is 0 Å². The Hall–Kier alpha value is -2.32. The van der Waals surface area contributed by atoms with Crippen LogP contribution in [0.1, 0.15) is 55.4 Å². The van der Waals surface area contributed by atoms with E-state index >= 15 is 0 Å². The summed E-state index contributed by atoms with van der Waals surface area (Å²) < 4.78 is 0. The molecule has 2 aromatic rings. The molecular weight excluding hydrogens is 402 g/mol. The number of likely N-dealkylation sites (tertiary alicyclic amines) is 2. The van der Waals surface area contributed by atoms with Crippen LogP contribution in [0.15, 0.2) is 18.3 Å². The van der Waals surface area contributed by atoms with Crippen LogP contribution in [0, 0.1) is 0 Å². The van der Waals surface area contributed by atoms with Crippen LogP contribution in [0.5, 0.6) is 0 Å². The second kappa shape index (κ2) is 10.1. The summed E-state index contributed by atoms with van der Waals surface area (Å²) in [5.74, 6) is 0.676. The highest BCUT2D eigenvalue weighted by Crippen LogP contribution is 2.19. The Morgan fingerprint density at radius 3 is 2.28 bits per heavy atom. The Morgan fingerprint density at radius 2 is 1.53 bits per heavy atom. The third-order valence-electron chi connectivity index (χ3n) is 7.15. The minimum atomic E-state index is -0.0949. The number of hydrogen-bond donors (Lipinski definition) is 1. The van der Waals surface area contributed by atoms with E-state index in [1.807, 2.05) is 6.07 Å². The molecule has 0 atom stereocenters. The van der Waals surface area contributed by atoms with Gasteiger partial charge in [0.05, 0.1) is 11.7 Å². The largest absolute Gasteiger partial charge is 0.348 e. The maximum Gasteiger partial charge on any atom is 0.270 e. The standard InChI is InChI=1S/C24H35N7O/c32-23(26-19-8-14-30(15-9-19)17-16-29-10-4-5-11-29)21-7-6-20-22(27-21)18-25-24(28-20)31-12-2-1-3-13-31/h6-7,18-19H,1-5,8-17H2,(H,26,32). The number of anilines is 1. The Kier molecular flexibility index (Phi) is 6.78. The van der Waals surface area contributed by atoms with Crippen molar-refractivity contribution in [2.75, 3.05) is 57.3 Å². The van der Waals surface area contributed by atoms with E-state index in [2.05, 4.69) is 35.0 Å². The van der Waals surface area contributed by atoms with Crippen molar-refractivity contribution in [3.63, 3.8) is 0 Å². The van der Waals surface area contributed by atoms with E-state index in [1.165, 1.54) is 51.7 Å².